The lowest BCUT2D eigenvalue weighted by Crippen LogP contribution is -2.10. The van der Waals surface area contributed by atoms with E-state index in [2.05, 4.69) is 22.5 Å². The van der Waals surface area contributed by atoms with Gasteiger partial charge in [-0.1, -0.05) is 28.6 Å². The first-order valence-electron chi connectivity index (χ1n) is 4.39. The molecule has 0 saturated heterocycles. The SMILES string of the molecule is C=C(CN)COc1cc(Br)ccc1C. The van der Waals surface area contributed by atoms with Gasteiger partial charge in [-0.25, -0.2) is 0 Å². The van der Waals surface area contributed by atoms with E-state index < -0.39 is 0 Å². The predicted octanol–water partition coefficient (Wildman–Crippen LogP) is 2.65. The summed E-state index contributed by atoms with van der Waals surface area (Å²) in [5.74, 6) is 0.869. The van der Waals surface area contributed by atoms with Gasteiger partial charge in [0.05, 0.1) is 0 Å². The lowest BCUT2D eigenvalue weighted by atomic mass is 10.2. The van der Waals surface area contributed by atoms with Crippen molar-refractivity contribution in [2.24, 2.45) is 5.73 Å². The molecule has 0 aromatic heterocycles. The normalized spacial score (nSPS) is 9.93. The third-order valence-electron chi connectivity index (χ3n) is 1.87. The summed E-state index contributed by atoms with van der Waals surface area (Å²) < 4.78 is 6.57. The van der Waals surface area contributed by atoms with Crippen molar-refractivity contribution in [2.45, 2.75) is 6.92 Å². The van der Waals surface area contributed by atoms with Gasteiger partial charge in [-0.05, 0) is 30.2 Å². The van der Waals surface area contributed by atoms with Gasteiger partial charge >= 0.3 is 0 Å². The van der Waals surface area contributed by atoms with Gasteiger partial charge in [0.2, 0.25) is 0 Å². The molecule has 0 spiro atoms. The molecule has 2 N–H and O–H groups in total. The summed E-state index contributed by atoms with van der Waals surface area (Å²) in [6.45, 7) is 6.73. The average molecular weight is 256 g/mol. The lowest BCUT2D eigenvalue weighted by Gasteiger charge is -2.09. The van der Waals surface area contributed by atoms with Crippen LogP contribution in [0.5, 0.6) is 5.75 Å². The van der Waals surface area contributed by atoms with E-state index >= 15 is 0 Å². The van der Waals surface area contributed by atoms with E-state index in [1.54, 1.807) is 0 Å². The van der Waals surface area contributed by atoms with Gasteiger partial charge in [0.25, 0.3) is 0 Å². The van der Waals surface area contributed by atoms with E-state index in [0.29, 0.717) is 13.2 Å². The smallest absolute Gasteiger partial charge is 0.123 e. The molecule has 0 atom stereocenters. The fourth-order valence-corrected chi connectivity index (χ4v) is 1.31. The van der Waals surface area contributed by atoms with Crippen LogP contribution in [0.3, 0.4) is 0 Å². The van der Waals surface area contributed by atoms with Gasteiger partial charge in [0.15, 0.2) is 0 Å². The van der Waals surface area contributed by atoms with E-state index in [1.807, 2.05) is 25.1 Å². The number of nitrogens with two attached hydrogens (primary N) is 1. The summed E-state index contributed by atoms with van der Waals surface area (Å²) in [6.07, 6.45) is 0. The molecule has 0 aliphatic rings. The van der Waals surface area contributed by atoms with Crippen LogP contribution in [-0.2, 0) is 0 Å². The Morgan fingerprint density at radius 2 is 2.29 bits per heavy atom. The number of benzene rings is 1. The third kappa shape index (κ3) is 3.16. The number of ether oxygens (including phenoxy) is 1. The summed E-state index contributed by atoms with van der Waals surface area (Å²) in [6, 6.07) is 5.93. The molecule has 0 saturated carbocycles. The number of rotatable bonds is 4. The minimum atomic E-state index is 0.465. The maximum atomic E-state index is 5.56. The Morgan fingerprint density at radius 1 is 1.57 bits per heavy atom. The first-order chi connectivity index (χ1) is 6.63. The van der Waals surface area contributed by atoms with Gasteiger partial charge in [-0.15, -0.1) is 0 Å². The van der Waals surface area contributed by atoms with Crippen LogP contribution < -0.4 is 10.5 Å². The van der Waals surface area contributed by atoms with Crippen molar-refractivity contribution in [3.05, 3.63) is 40.4 Å². The summed E-state index contributed by atoms with van der Waals surface area (Å²) in [4.78, 5) is 0. The molecular weight excluding hydrogens is 242 g/mol. The van der Waals surface area contributed by atoms with Gasteiger partial charge in [-0.3, -0.25) is 0 Å². The minimum Gasteiger partial charge on any atom is -0.489 e. The second-order valence-electron chi connectivity index (χ2n) is 3.15. The number of halogens is 1. The van der Waals surface area contributed by atoms with Gasteiger partial charge in [0, 0.05) is 11.0 Å². The molecule has 14 heavy (non-hydrogen) atoms. The van der Waals surface area contributed by atoms with Crippen LogP contribution in [0.4, 0.5) is 0 Å². The zero-order valence-corrected chi connectivity index (χ0v) is 9.80. The molecule has 0 unspecified atom stereocenters. The molecule has 1 rings (SSSR count). The Kier molecular flexibility index (Phi) is 4.17. The predicted molar refractivity (Wildman–Crippen MR) is 62.6 cm³/mol. The number of aryl methyl sites for hydroxylation is 1. The van der Waals surface area contributed by atoms with Crippen LogP contribution in [0, 0.1) is 6.92 Å². The highest BCUT2D eigenvalue weighted by Gasteiger charge is 2.00. The zero-order chi connectivity index (χ0) is 10.6. The van der Waals surface area contributed by atoms with Crippen molar-refractivity contribution in [3.63, 3.8) is 0 Å². The standard InChI is InChI=1S/C11H14BrNO/c1-8(6-13)7-14-11-5-10(12)4-3-9(11)2/h3-5H,1,6-7,13H2,2H3. The second-order valence-corrected chi connectivity index (χ2v) is 4.07. The minimum absolute atomic E-state index is 0.465. The lowest BCUT2D eigenvalue weighted by molar-refractivity contribution is 0.348. The molecule has 1 aromatic carbocycles. The summed E-state index contributed by atoms with van der Waals surface area (Å²) >= 11 is 3.39. The monoisotopic (exact) mass is 255 g/mol. The fraction of sp³-hybridized carbons (Fsp3) is 0.273. The molecule has 76 valence electrons. The van der Waals surface area contributed by atoms with Crippen molar-refractivity contribution in [3.8, 4) is 5.75 Å². The summed E-state index contributed by atoms with van der Waals surface area (Å²) in [5.41, 5.74) is 7.42. The Balaban J connectivity index is 2.66. The number of hydrogen-bond donors (Lipinski definition) is 1. The van der Waals surface area contributed by atoms with E-state index in [4.69, 9.17) is 10.5 Å². The highest BCUT2D eigenvalue weighted by atomic mass is 79.9. The van der Waals surface area contributed by atoms with Crippen molar-refractivity contribution in [1.29, 1.82) is 0 Å². The van der Waals surface area contributed by atoms with Crippen molar-refractivity contribution in [1.82, 2.24) is 0 Å². The quantitative estimate of drug-likeness (QED) is 0.840. The van der Waals surface area contributed by atoms with E-state index in [-0.39, 0.29) is 0 Å². The topological polar surface area (TPSA) is 35.2 Å². The Bertz CT molecular complexity index is 336. The number of hydrogen-bond acceptors (Lipinski definition) is 2. The Labute approximate surface area is 92.9 Å². The molecule has 0 aliphatic carbocycles. The van der Waals surface area contributed by atoms with Crippen molar-refractivity contribution >= 4 is 15.9 Å². The van der Waals surface area contributed by atoms with Crippen molar-refractivity contribution < 1.29 is 4.74 Å². The van der Waals surface area contributed by atoms with E-state index in [1.165, 1.54) is 0 Å². The van der Waals surface area contributed by atoms with E-state index in [9.17, 15) is 0 Å². The zero-order valence-electron chi connectivity index (χ0n) is 8.22. The maximum Gasteiger partial charge on any atom is 0.123 e. The summed E-state index contributed by atoms with van der Waals surface area (Å²) in [5, 5.41) is 0. The Hall–Kier alpha value is -0.800. The van der Waals surface area contributed by atoms with Crippen LogP contribution in [0.2, 0.25) is 0 Å². The van der Waals surface area contributed by atoms with Crippen molar-refractivity contribution in [2.75, 3.05) is 13.2 Å². The highest BCUT2D eigenvalue weighted by Crippen LogP contribution is 2.23. The second kappa shape index (κ2) is 5.17. The molecule has 0 aliphatic heterocycles. The average Bonchev–Trinajstić information content (AvgIpc) is 2.19. The molecule has 0 heterocycles. The molecule has 2 nitrogen and oxygen atoms in total. The molecule has 0 bridgehead atoms. The maximum absolute atomic E-state index is 5.56. The van der Waals surface area contributed by atoms with Gasteiger partial charge < -0.3 is 10.5 Å². The molecule has 0 amide bonds. The Morgan fingerprint density at radius 3 is 2.93 bits per heavy atom. The largest absolute Gasteiger partial charge is 0.489 e. The molecule has 1 aromatic rings. The van der Waals surface area contributed by atoms with Crippen LogP contribution in [0.25, 0.3) is 0 Å². The van der Waals surface area contributed by atoms with E-state index in [0.717, 1.165) is 21.4 Å². The third-order valence-corrected chi connectivity index (χ3v) is 2.36. The van der Waals surface area contributed by atoms with Gasteiger partial charge in [0.1, 0.15) is 12.4 Å². The molecule has 0 radical (unpaired) electrons. The van der Waals surface area contributed by atoms with Crippen LogP contribution in [-0.4, -0.2) is 13.2 Å². The van der Waals surface area contributed by atoms with Crippen LogP contribution in [0.1, 0.15) is 5.56 Å². The molecule has 0 fully saturated rings. The summed E-state index contributed by atoms with van der Waals surface area (Å²) in [7, 11) is 0. The first-order valence-corrected chi connectivity index (χ1v) is 5.18. The van der Waals surface area contributed by atoms with Gasteiger partial charge in [-0.2, -0.15) is 0 Å². The fourth-order valence-electron chi connectivity index (χ4n) is 0.968. The highest BCUT2D eigenvalue weighted by molar-refractivity contribution is 9.10. The first kappa shape index (κ1) is 11.3. The molecule has 3 heteroatoms. The molecular formula is C11H14BrNO. The van der Waals surface area contributed by atoms with Crippen LogP contribution >= 0.6 is 15.9 Å². The van der Waals surface area contributed by atoms with Crippen LogP contribution in [0.15, 0.2) is 34.8 Å².